The number of fused-ring (bicyclic) bond motifs is 1. The highest BCUT2D eigenvalue weighted by Gasteiger charge is 2.23. The van der Waals surface area contributed by atoms with Gasteiger partial charge in [-0.3, -0.25) is 9.59 Å². The lowest BCUT2D eigenvalue weighted by molar-refractivity contribution is -0.137. The van der Waals surface area contributed by atoms with Crippen LogP contribution < -0.4 is 15.6 Å². The second kappa shape index (κ2) is 9.88. The summed E-state index contributed by atoms with van der Waals surface area (Å²) in [5.41, 5.74) is 0.807. The number of H-pyrrole nitrogens is 1. The predicted molar refractivity (Wildman–Crippen MR) is 110 cm³/mol. The van der Waals surface area contributed by atoms with Crippen LogP contribution in [0.5, 0.6) is 5.75 Å². The number of pyridine rings is 1. The number of nitrogens with one attached hydrogen (secondary N) is 2. The van der Waals surface area contributed by atoms with Crippen molar-refractivity contribution in [3.8, 4) is 5.75 Å². The summed E-state index contributed by atoms with van der Waals surface area (Å²) in [4.78, 5) is 26.5. The van der Waals surface area contributed by atoms with Crippen molar-refractivity contribution in [1.29, 1.82) is 0 Å². The van der Waals surface area contributed by atoms with Gasteiger partial charge in [-0.15, -0.1) is 12.4 Å². The minimum absolute atomic E-state index is 0. The monoisotopic (exact) mass is 396 g/mol. The van der Waals surface area contributed by atoms with Gasteiger partial charge in [0.15, 0.2) is 5.75 Å². The standard InChI is InChI=1S/C20H28N2O4.ClH/c1-6-15(21-12(4)5)19(24)14-7-9-16(26-20(25)11(2)3)18-13(14)8-10-17(23)22-18;/h7-12,15,19,21,24H,6H2,1-5H3,(H,22,23);1H. The number of benzene rings is 1. The number of hydrogen-bond acceptors (Lipinski definition) is 5. The number of esters is 1. The van der Waals surface area contributed by atoms with Crippen LogP contribution in [-0.4, -0.2) is 28.1 Å². The summed E-state index contributed by atoms with van der Waals surface area (Å²) < 4.78 is 5.42. The second-order valence-electron chi connectivity index (χ2n) is 7.12. The Bertz CT molecular complexity index is 832. The average Bonchev–Trinajstić information content (AvgIpc) is 2.59. The van der Waals surface area contributed by atoms with Crippen LogP contribution in [-0.2, 0) is 4.79 Å². The Hall–Kier alpha value is -1.89. The minimum Gasteiger partial charge on any atom is -0.424 e. The molecule has 0 spiro atoms. The van der Waals surface area contributed by atoms with E-state index in [0.717, 1.165) is 6.42 Å². The molecule has 0 saturated carbocycles. The molecule has 0 fully saturated rings. The van der Waals surface area contributed by atoms with Crippen LogP contribution in [0.25, 0.3) is 10.9 Å². The molecular formula is C20H29ClN2O4. The topological polar surface area (TPSA) is 91.4 Å². The maximum atomic E-state index is 12.0. The molecule has 7 heteroatoms. The quantitative estimate of drug-likeness (QED) is 0.493. The number of aliphatic hydroxyl groups is 1. The fourth-order valence-corrected chi connectivity index (χ4v) is 2.89. The zero-order chi connectivity index (χ0) is 19.4. The van der Waals surface area contributed by atoms with E-state index in [0.29, 0.717) is 16.5 Å². The van der Waals surface area contributed by atoms with Gasteiger partial charge in [-0.05, 0) is 24.1 Å². The largest absolute Gasteiger partial charge is 0.424 e. The van der Waals surface area contributed by atoms with Gasteiger partial charge in [0, 0.05) is 23.5 Å². The third-order valence-corrected chi connectivity index (χ3v) is 4.26. The molecule has 0 aliphatic heterocycles. The number of aromatic amines is 1. The number of carbonyl (C=O) groups is 1. The summed E-state index contributed by atoms with van der Waals surface area (Å²) >= 11 is 0. The molecule has 0 radical (unpaired) electrons. The molecule has 0 aliphatic rings. The Balaban J connectivity index is 0.00000364. The number of aromatic nitrogens is 1. The number of ether oxygens (including phenoxy) is 1. The van der Waals surface area contributed by atoms with Crippen molar-refractivity contribution in [1.82, 2.24) is 10.3 Å². The molecular weight excluding hydrogens is 368 g/mol. The fourth-order valence-electron chi connectivity index (χ4n) is 2.89. The van der Waals surface area contributed by atoms with Crippen LogP contribution in [0, 0.1) is 5.92 Å². The lowest BCUT2D eigenvalue weighted by atomic mass is 9.95. The minimum atomic E-state index is -0.759. The molecule has 3 N–H and O–H groups in total. The van der Waals surface area contributed by atoms with E-state index in [1.54, 1.807) is 32.0 Å². The Labute approximate surface area is 165 Å². The number of halogens is 1. The second-order valence-corrected chi connectivity index (χ2v) is 7.12. The summed E-state index contributed by atoms with van der Waals surface area (Å²) in [6, 6.07) is 6.53. The van der Waals surface area contributed by atoms with Gasteiger partial charge < -0.3 is 20.1 Å². The Morgan fingerprint density at radius 3 is 2.41 bits per heavy atom. The predicted octanol–water partition coefficient (Wildman–Crippen LogP) is 3.32. The Morgan fingerprint density at radius 2 is 1.85 bits per heavy atom. The van der Waals surface area contributed by atoms with Gasteiger partial charge in [0.1, 0.15) is 0 Å². The van der Waals surface area contributed by atoms with Crippen LogP contribution in [0.1, 0.15) is 52.7 Å². The highest BCUT2D eigenvalue weighted by atomic mass is 35.5. The van der Waals surface area contributed by atoms with Crippen molar-refractivity contribution >= 4 is 29.3 Å². The summed E-state index contributed by atoms with van der Waals surface area (Å²) in [5, 5.41) is 14.9. The van der Waals surface area contributed by atoms with E-state index in [-0.39, 0.29) is 47.7 Å². The molecule has 1 aromatic heterocycles. The first kappa shape index (κ1) is 23.1. The zero-order valence-electron chi connectivity index (χ0n) is 16.4. The number of hydrogen-bond donors (Lipinski definition) is 3. The van der Waals surface area contributed by atoms with Crippen LogP contribution >= 0.6 is 12.4 Å². The molecule has 2 unspecified atom stereocenters. The van der Waals surface area contributed by atoms with E-state index in [1.165, 1.54) is 6.07 Å². The van der Waals surface area contributed by atoms with Crippen molar-refractivity contribution in [3.63, 3.8) is 0 Å². The third-order valence-electron chi connectivity index (χ3n) is 4.26. The molecule has 0 amide bonds. The summed E-state index contributed by atoms with van der Waals surface area (Å²) in [6.45, 7) is 9.55. The van der Waals surface area contributed by atoms with Gasteiger partial charge in [0.2, 0.25) is 5.56 Å². The molecule has 150 valence electrons. The van der Waals surface area contributed by atoms with E-state index < -0.39 is 6.10 Å². The molecule has 2 rings (SSSR count). The summed E-state index contributed by atoms with van der Waals surface area (Å²) in [5.74, 6) is -0.375. The molecule has 0 saturated heterocycles. The first-order valence-electron chi connectivity index (χ1n) is 9.06. The molecule has 0 aliphatic carbocycles. The molecule has 1 aromatic carbocycles. The number of rotatable bonds is 7. The fraction of sp³-hybridized carbons (Fsp3) is 0.500. The van der Waals surface area contributed by atoms with Crippen LogP contribution in [0.15, 0.2) is 29.1 Å². The van der Waals surface area contributed by atoms with Gasteiger partial charge in [-0.1, -0.05) is 40.7 Å². The van der Waals surface area contributed by atoms with Gasteiger partial charge >= 0.3 is 5.97 Å². The Kier molecular flexibility index (Phi) is 8.47. The van der Waals surface area contributed by atoms with Gasteiger partial charge in [-0.25, -0.2) is 0 Å². The molecule has 6 nitrogen and oxygen atoms in total. The lowest BCUT2D eigenvalue weighted by Gasteiger charge is -2.26. The molecule has 2 atom stereocenters. The molecule has 0 bridgehead atoms. The molecule has 27 heavy (non-hydrogen) atoms. The van der Waals surface area contributed by atoms with E-state index in [2.05, 4.69) is 10.3 Å². The normalized spacial score (nSPS) is 13.5. The first-order valence-corrected chi connectivity index (χ1v) is 9.06. The molecule has 2 aromatic rings. The highest BCUT2D eigenvalue weighted by molar-refractivity contribution is 5.90. The van der Waals surface area contributed by atoms with E-state index >= 15 is 0 Å². The van der Waals surface area contributed by atoms with Gasteiger partial charge in [0.25, 0.3) is 0 Å². The van der Waals surface area contributed by atoms with Crippen LogP contribution in [0.3, 0.4) is 0 Å². The van der Waals surface area contributed by atoms with Crippen molar-refractivity contribution in [2.24, 2.45) is 5.92 Å². The van der Waals surface area contributed by atoms with Crippen molar-refractivity contribution in [3.05, 3.63) is 40.2 Å². The summed E-state index contributed by atoms with van der Waals surface area (Å²) in [7, 11) is 0. The number of carbonyl (C=O) groups excluding carboxylic acids is 1. The lowest BCUT2D eigenvalue weighted by Crippen LogP contribution is -2.39. The average molecular weight is 397 g/mol. The van der Waals surface area contributed by atoms with Crippen molar-refractivity contribution in [2.75, 3.05) is 0 Å². The van der Waals surface area contributed by atoms with Gasteiger partial charge in [-0.2, -0.15) is 0 Å². The van der Waals surface area contributed by atoms with Crippen molar-refractivity contribution in [2.45, 2.75) is 59.2 Å². The van der Waals surface area contributed by atoms with Crippen LogP contribution in [0.2, 0.25) is 0 Å². The zero-order valence-corrected chi connectivity index (χ0v) is 17.2. The maximum absolute atomic E-state index is 12.0. The SMILES string of the molecule is CCC(NC(C)C)C(O)c1ccc(OC(=O)C(C)C)c2[nH]c(=O)ccc12.Cl. The van der Waals surface area contributed by atoms with E-state index in [9.17, 15) is 14.7 Å². The first-order chi connectivity index (χ1) is 12.2. The maximum Gasteiger partial charge on any atom is 0.313 e. The Morgan fingerprint density at radius 1 is 1.19 bits per heavy atom. The summed E-state index contributed by atoms with van der Waals surface area (Å²) in [6.07, 6.45) is -0.0143. The van der Waals surface area contributed by atoms with Crippen molar-refractivity contribution < 1.29 is 14.6 Å². The number of aliphatic hydroxyl groups excluding tert-OH is 1. The van der Waals surface area contributed by atoms with Crippen LogP contribution in [0.4, 0.5) is 0 Å². The third kappa shape index (κ3) is 5.54. The van der Waals surface area contributed by atoms with E-state index in [4.69, 9.17) is 4.74 Å². The van der Waals surface area contributed by atoms with E-state index in [1.807, 2.05) is 20.8 Å². The molecule has 1 heterocycles. The smallest absolute Gasteiger partial charge is 0.313 e. The highest BCUT2D eigenvalue weighted by Crippen LogP contribution is 2.32. The van der Waals surface area contributed by atoms with Gasteiger partial charge in [0.05, 0.1) is 17.5 Å².